The summed E-state index contributed by atoms with van der Waals surface area (Å²) < 4.78 is 5.17. The normalized spacial score (nSPS) is 10.3. The summed E-state index contributed by atoms with van der Waals surface area (Å²) in [5, 5.41) is 0.424. The molecule has 0 saturated carbocycles. The van der Waals surface area contributed by atoms with Gasteiger partial charge >= 0.3 is 0 Å². The van der Waals surface area contributed by atoms with E-state index in [2.05, 4.69) is 4.98 Å². The Kier molecular flexibility index (Phi) is 4.17. The maximum absolute atomic E-state index is 12.2. The number of hydrogen-bond acceptors (Lipinski definition) is 3. The van der Waals surface area contributed by atoms with Crippen molar-refractivity contribution in [3.8, 4) is 5.75 Å². The minimum absolute atomic E-state index is 0.0334. The lowest BCUT2D eigenvalue weighted by molar-refractivity contribution is 0.0992. The van der Waals surface area contributed by atoms with Crippen molar-refractivity contribution in [3.63, 3.8) is 0 Å². The zero-order valence-electron chi connectivity index (χ0n) is 10.8. The van der Waals surface area contributed by atoms with Crippen LogP contribution in [0, 0.1) is 6.92 Å². The molecule has 0 spiro atoms. The van der Waals surface area contributed by atoms with Crippen LogP contribution in [0.1, 0.15) is 21.5 Å². The minimum atomic E-state index is 0.0334. The number of ketones is 1. The largest absolute Gasteiger partial charge is 0.497 e. The van der Waals surface area contributed by atoms with Gasteiger partial charge in [0.05, 0.1) is 7.11 Å². The minimum Gasteiger partial charge on any atom is -0.497 e. The molecule has 0 aliphatic heterocycles. The van der Waals surface area contributed by atoms with Gasteiger partial charge in [0, 0.05) is 18.2 Å². The average molecular weight is 276 g/mol. The number of carbonyl (C=O) groups excluding carboxylic acids is 1. The third-order valence-corrected chi connectivity index (χ3v) is 2.99. The molecule has 0 amide bonds. The van der Waals surface area contributed by atoms with Gasteiger partial charge in [-0.3, -0.25) is 4.79 Å². The molecule has 1 heterocycles. The maximum Gasteiger partial charge on any atom is 0.167 e. The number of Topliss-reactive ketones (excluding diaryl/α,β-unsaturated/α-hetero) is 1. The molecule has 0 saturated heterocycles. The van der Waals surface area contributed by atoms with Gasteiger partial charge in [-0.05, 0) is 42.3 Å². The second kappa shape index (κ2) is 5.85. The summed E-state index contributed by atoms with van der Waals surface area (Å²) in [5.41, 5.74) is 2.48. The summed E-state index contributed by atoms with van der Waals surface area (Å²) in [6.45, 7) is 1.93. The fraction of sp³-hybridized carbons (Fsp3) is 0.200. The summed E-state index contributed by atoms with van der Waals surface area (Å²) in [7, 11) is 1.59. The van der Waals surface area contributed by atoms with Crippen LogP contribution < -0.4 is 4.74 Å². The van der Waals surface area contributed by atoms with Gasteiger partial charge in [-0.25, -0.2) is 4.98 Å². The molecular formula is C15H14ClNO2. The SMILES string of the molecule is COc1cc(C)cc(C(=O)Cc2ccc(Cl)nc2)c1. The van der Waals surface area contributed by atoms with Gasteiger partial charge in [0.1, 0.15) is 10.9 Å². The molecule has 19 heavy (non-hydrogen) atoms. The van der Waals surface area contributed by atoms with Crippen molar-refractivity contribution < 1.29 is 9.53 Å². The summed E-state index contributed by atoms with van der Waals surface area (Å²) in [6.07, 6.45) is 1.92. The van der Waals surface area contributed by atoms with Crippen molar-refractivity contribution in [2.24, 2.45) is 0 Å². The topological polar surface area (TPSA) is 39.2 Å². The van der Waals surface area contributed by atoms with Crippen LogP contribution in [-0.2, 0) is 6.42 Å². The predicted molar refractivity (Wildman–Crippen MR) is 75.0 cm³/mol. The molecule has 4 heteroatoms. The molecule has 98 valence electrons. The lowest BCUT2D eigenvalue weighted by Crippen LogP contribution is -2.04. The highest BCUT2D eigenvalue weighted by atomic mass is 35.5. The first-order valence-electron chi connectivity index (χ1n) is 5.88. The van der Waals surface area contributed by atoms with Crippen molar-refractivity contribution in [2.75, 3.05) is 7.11 Å². The molecule has 0 bridgehead atoms. The Morgan fingerprint density at radius 3 is 2.74 bits per heavy atom. The van der Waals surface area contributed by atoms with E-state index in [0.717, 1.165) is 11.1 Å². The Morgan fingerprint density at radius 1 is 1.32 bits per heavy atom. The second-order valence-electron chi connectivity index (χ2n) is 4.33. The van der Waals surface area contributed by atoms with E-state index >= 15 is 0 Å². The van der Waals surface area contributed by atoms with Gasteiger partial charge in [0.25, 0.3) is 0 Å². The quantitative estimate of drug-likeness (QED) is 0.633. The predicted octanol–water partition coefficient (Wildman–Crippen LogP) is 3.48. The Bertz CT molecular complexity index is 594. The van der Waals surface area contributed by atoms with Crippen LogP contribution in [0.3, 0.4) is 0 Å². The van der Waals surface area contributed by atoms with E-state index in [1.54, 1.807) is 31.5 Å². The zero-order chi connectivity index (χ0) is 13.8. The molecule has 1 aromatic carbocycles. The fourth-order valence-corrected chi connectivity index (χ4v) is 1.94. The average Bonchev–Trinajstić information content (AvgIpc) is 2.40. The van der Waals surface area contributed by atoms with Gasteiger partial charge < -0.3 is 4.74 Å². The van der Waals surface area contributed by atoms with Crippen LogP contribution in [0.5, 0.6) is 5.75 Å². The van der Waals surface area contributed by atoms with Crippen molar-refractivity contribution >= 4 is 17.4 Å². The lowest BCUT2D eigenvalue weighted by Gasteiger charge is -2.06. The smallest absolute Gasteiger partial charge is 0.167 e. The maximum atomic E-state index is 12.2. The van der Waals surface area contributed by atoms with Gasteiger partial charge in [-0.15, -0.1) is 0 Å². The number of rotatable bonds is 4. The van der Waals surface area contributed by atoms with Gasteiger partial charge in [-0.2, -0.15) is 0 Å². The number of carbonyl (C=O) groups is 1. The number of benzene rings is 1. The number of hydrogen-bond donors (Lipinski definition) is 0. The monoisotopic (exact) mass is 275 g/mol. The number of ether oxygens (including phenoxy) is 1. The van der Waals surface area contributed by atoms with Crippen LogP contribution in [-0.4, -0.2) is 17.9 Å². The highest BCUT2D eigenvalue weighted by Crippen LogP contribution is 2.18. The highest BCUT2D eigenvalue weighted by molar-refractivity contribution is 6.29. The molecule has 0 radical (unpaired) electrons. The van der Waals surface area contributed by atoms with Crippen LogP contribution in [0.2, 0.25) is 5.15 Å². The van der Waals surface area contributed by atoms with Gasteiger partial charge in [0.2, 0.25) is 0 Å². The number of aryl methyl sites for hydroxylation is 1. The zero-order valence-corrected chi connectivity index (χ0v) is 11.6. The molecule has 0 aliphatic carbocycles. The van der Waals surface area contributed by atoms with E-state index < -0.39 is 0 Å². The third kappa shape index (κ3) is 3.55. The Morgan fingerprint density at radius 2 is 2.11 bits per heavy atom. The van der Waals surface area contributed by atoms with E-state index in [9.17, 15) is 4.79 Å². The highest BCUT2D eigenvalue weighted by Gasteiger charge is 2.09. The molecule has 0 aliphatic rings. The van der Waals surface area contributed by atoms with E-state index in [4.69, 9.17) is 16.3 Å². The van der Waals surface area contributed by atoms with Crippen LogP contribution in [0.25, 0.3) is 0 Å². The molecular weight excluding hydrogens is 262 g/mol. The lowest BCUT2D eigenvalue weighted by atomic mass is 10.0. The molecule has 2 rings (SSSR count). The van der Waals surface area contributed by atoms with E-state index in [0.29, 0.717) is 22.9 Å². The molecule has 1 aromatic heterocycles. The first-order valence-corrected chi connectivity index (χ1v) is 6.25. The molecule has 0 atom stereocenters. The van der Waals surface area contributed by atoms with Crippen molar-refractivity contribution in [3.05, 3.63) is 58.4 Å². The number of nitrogens with zero attached hydrogens (tertiary/aromatic N) is 1. The Labute approximate surface area is 117 Å². The van der Waals surface area contributed by atoms with Crippen LogP contribution in [0.4, 0.5) is 0 Å². The molecule has 0 N–H and O–H groups in total. The summed E-state index contributed by atoms with van der Waals surface area (Å²) in [6, 6.07) is 8.98. The van der Waals surface area contributed by atoms with Gasteiger partial charge in [-0.1, -0.05) is 17.7 Å². The van der Waals surface area contributed by atoms with E-state index in [1.165, 1.54) is 0 Å². The Hall–Kier alpha value is -1.87. The van der Waals surface area contributed by atoms with Crippen molar-refractivity contribution in [1.82, 2.24) is 4.98 Å². The number of halogens is 1. The molecule has 0 unspecified atom stereocenters. The third-order valence-electron chi connectivity index (χ3n) is 2.76. The van der Waals surface area contributed by atoms with Crippen molar-refractivity contribution in [2.45, 2.75) is 13.3 Å². The van der Waals surface area contributed by atoms with Crippen LogP contribution in [0.15, 0.2) is 36.5 Å². The second-order valence-corrected chi connectivity index (χ2v) is 4.72. The number of aromatic nitrogens is 1. The standard InChI is InChI=1S/C15H14ClNO2/c1-10-5-12(8-13(6-10)19-2)14(18)7-11-3-4-15(16)17-9-11/h3-6,8-9H,7H2,1-2H3. The Balaban J connectivity index is 2.20. The van der Waals surface area contributed by atoms with E-state index in [1.807, 2.05) is 19.1 Å². The molecule has 3 nitrogen and oxygen atoms in total. The molecule has 2 aromatic rings. The van der Waals surface area contributed by atoms with E-state index in [-0.39, 0.29) is 5.78 Å². The fourth-order valence-electron chi connectivity index (χ4n) is 1.83. The summed E-state index contributed by atoms with van der Waals surface area (Å²) in [4.78, 5) is 16.2. The van der Waals surface area contributed by atoms with Gasteiger partial charge in [0.15, 0.2) is 5.78 Å². The summed E-state index contributed by atoms with van der Waals surface area (Å²) >= 11 is 5.71. The first kappa shape index (κ1) is 13.6. The number of methoxy groups -OCH3 is 1. The summed E-state index contributed by atoms with van der Waals surface area (Å²) in [5.74, 6) is 0.726. The van der Waals surface area contributed by atoms with Crippen molar-refractivity contribution in [1.29, 1.82) is 0 Å². The number of pyridine rings is 1. The molecule has 0 fully saturated rings. The first-order chi connectivity index (χ1) is 9.08. The van der Waals surface area contributed by atoms with Crippen LogP contribution >= 0.6 is 11.6 Å².